The third kappa shape index (κ3) is 4.95. The number of esters is 1. The molecule has 3 aliphatic heterocycles. The maximum Gasteiger partial charge on any atom is 0.311 e. The molecule has 3 unspecified atom stereocenters. The number of aliphatic hydroxyl groups excluding tert-OH is 1. The Kier molecular flexibility index (Phi) is 9.33. The number of hydrogen-bond donors (Lipinski definition) is 1. The second kappa shape index (κ2) is 12.1. The molecule has 0 aromatic heterocycles. The molecular formula is C28H34BrClN2O5S. The van der Waals surface area contributed by atoms with Gasteiger partial charge in [-0.2, -0.15) is 0 Å². The number of likely N-dealkylation sites (tertiary alicyclic amines) is 1. The topological polar surface area (TPSA) is 87.2 Å². The zero-order chi connectivity index (χ0) is 27.6. The van der Waals surface area contributed by atoms with Crippen LogP contribution >= 0.6 is 39.3 Å². The average Bonchev–Trinajstić information content (AvgIpc) is 3.47. The van der Waals surface area contributed by atoms with Gasteiger partial charge in [-0.15, -0.1) is 18.3 Å². The van der Waals surface area contributed by atoms with Gasteiger partial charge in [-0.3, -0.25) is 14.4 Å². The smallest absolute Gasteiger partial charge is 0.311 e. The molecule has 1 aromatic rings. The van der Waals surface area contributed by atoms with Gasteiger partial charge in [0.25, 0.3) is 5.91 Å². The standard InChI is InChI=1S/C28H34BrClN2O5S/c1-4-12-31(22-17(3)10-9-11-19(22)30)26(35)24-28-16-18(29)23(38-28)20(27(36)37-15-5-2)21(28)25(34)32(24)13-7-6-8-14-33/h4-5,9-11,18,20-21,23-24,33H,1-2,6-8,12-16H2,3H3/t18?,20-,21+,23-,24?,28?/m1/s1. The maximum atomic E-state index is 14.6. The van der Waals surface area contributed by atoms with Crippen molar-refractivity contribution < 1.29 is 24.2 Å². The number of anilines is 1. The number of hydrogen-bond acceptors (Lipinski definition) is 6. The number of halogens is 2. The Bertz CT molecular complexity index is 1100. The van der Waals surface area contributed by atoms with Gasteiger partial charge in [0.05, 0.1) is 27.3 Å². The number of benzene rings is 1. The number of para-hydroxylation sites is 1. The molecule has 3 heterocycles. The molecule has 206 valence electrons. The molecule has 2 amide bonds. The molecule has 38 heavy (non-hydrogen) atoms. The minimum atomic E-state index is -0.781. The summed E-state index contributed by atoms with van der Waals surface area (Å²) in [5, 5.41) is 9.51. The van der Waals surface area contributed by atoms with Gasteiger partial charge in [0.2, 0.25) is 5.91 Å². The van der Waals surface area contributed by atoms with Crippen molar-refractivity contribution in [1.29, 1.82) is 0 Å². The van der Waals surface area contributed by atoms with Gasteiger partial charge in [0.15, 0.2) is 0 Å². The van der Waals surface area contributed by atoms with Gasteiger partial charge in [0, 0.05) is 29.8 Å². The lowest BCUT2D eigenvalue weighted by molar-refractivity contribution is -0.153. The van der Waals surface area contributed by atoms with E-state index < -0.39 is 28.6 Å². The van der Waals surface area contributed by atoms with E-state index in [2.05, 4.69) is 29.1 Å². The zero-order valence-electron chi connectivity index (χ0n) is 21.5. The maximum absolute atomic E-state index is 14.6. The predicted octanol–water partition coefficient (Wildman–Crippen LogP) is 4.52. The van der Waals surface area contributed by atoms with Crippen molar-refractivity contribution in [3.63, 3.8) is 0 Å². The monoisotopic (exact) mass is 624 g/mol. The van der Waals surface area contributed by atoms with Crippen LogP contribution in [0.5, 0.6) is 0 Å². The van der Waals surface area contributed by atoms with Crippen molar-refractivity contribution in [1.82, 2.24) is 4.90 Å². The summed E-state index contributed by atoms with van der Waals surface area (Å²) in [6.07, 6.45) is 5.73. The molecule has 0 radical (unpaired) electrons. The largest absolute Gasteiger partial charge is 0.461 e. The van der Waals surface area contributed by atoms with Crippen LogP contribution < -0.4 is 4.90 Å². The number of aryl methyl sites for hydroxylation is 1. The lowest BCUT2D eigenvalue weighted by Crippen LogP contribution is -2.55. The Hall–Kier alpha value is -1.81. The molecule has 1 aromatic carbocycles. The molecule has 0 saturated carbocycles. The summed E-state index contributed by atoms with van der Waals surface area (Å²) in [5.41, 5.74) is 1.44. The quantitative estimate of drug-likeness (QED) is 0.159. The molecule has 7 nitrogen and oxygen atoms in total. The Morgan fingerprint density at radius 3 is 2.74 bits per heavy atom. The number of rotatable bonds is 12. The van der Waals surface area contributed by atoms with Crippen molar-refractivity contribution >= 4 is 62.8 Å². The number of unbranched alkanes of at least 4 members (excludes halogenated alkanes) is 2. The van der Waals surface area contributed by atoms with E-state index in [0.29, 0.717) is 36.5 Å². The first-order valence-corrected chi connectivity index (χ1v) is 15.1. The average molecular weight is 626 g/mol. The highest BCUT2D eigenvalue weighted by molar-refractivity contribution is 9.09. The minimum absolute atomic E-state index is 0.0441. The van der Waals surface area contributed by atoms with Crippen molar-refractivity contribution in [2.24, 2.45) is 11.8 Å². The van der Waals surface area contributed by atoms with E-state index in [-0.39, 0.29) is 41.6 Å². The highest BCUT2D eigenvalue weighted by atomic mass is 79.9. The molecule has 1 spiro atoms. The number of aliphatic hydroxyl groups is 1. The molecule has 6 atom stereocenters. The van der Waals surface area contributed by atoms with Crippen LogP contribution in [0.4, 0.5) is 5.69 Å². The highest BCUT2D eigenvalue weighted by Gasteiger charge is 2.76. The van der Waals surface area contributed by atoms with Gasteiger partial charge in [-0.25, -0.2) is 0 Å². The summed E-state index contributed by atoms with van der Waals surface area (Å²) < 4.78 is 4.66. The fourth-order valence-electron chi connectivity index (χ4n) is 6.26. The van der Waals surface area contributed by atoms with E-state index in [4.69, 9.17) is 16.3 Å². The second-order valence-corrected chi connectivity index (χ2v) is 13.2. The summed E-state index contributed by atoms with van der Waals surface area (Å²) in [6, 6.07) is 4.70. The highest BCUT2D eigenvalue weighted by Crippen LogP contribution is 2.68. The number of amides is 2. The Morgan fingerprint density at radius 2 is 2.08 bits per heavy atom. The number of thioether (sulfide) groups is 1. The molecular weight excluding hydrogens is 592 g/mol. The van der Waals surface area contributed by atoms with Gasteiger partial charge >= 0.3 is 5.97 Å². The first kappa shape index (κ1) is 29.2. The van der Waals surface area contributed by atoms with Crippen molar-refractivity contribution in [3.8, 4) is 0 Å². The summed E-state index contributed by atoms with van der Waals surface area (Å²) in [5.74, 6) is -2.15. The van der Waals surface area contributed by atoms with E-state index >= 15 is 0 Å². The van der Waals surface area contributed by atoms with Crippen molar-refractivity contribution in [3.05, 3.63) is 54.1 Å². The van der Waals surface area contributed by atoms with Crippen LogP contribution in [0.15, 0.2) is 43.5 Å². The van der Waals surface area contributed by atoms with Crippen molar-refractivity contribution in [2.45, 2.75) is 53.5 Å². The molecule has 3 saturated heterocycles. The molecule has 4 rings (SSSR count). The van der Waals surface area contributed by atoms with Crippen LogP contribution in [-0.4, -0.2) is 75.0 Å². The van der Waals surface area contributed by atoms with Crippen LogP contribution in [0.3, 0.4) is 0 Å². The van der Waals surface area contributed by atoms with Crippen LogP contribution in [0, 0.1) is 18.8 Å². The Morgan fingerprint density at radius 1 is 1.32 bits per heavy atom. The van der Waals surface area contributed by atoms with Gasteiger partial charge in [0.1, 0.15) is 12.6 Å². The SMILES string of the molecule is C=CCOC(=O)[C@H]1[C@@H]2SC3(CC2Br)C(C(=O)N(CC=C)c2c(C)cccc2Cl)N(CCCCCO)C(=O)[C@H]13. The fourth-order valence-corrected chi connectivity index (χ4v) is 10.2. The first-order chi connectivity index (χ1) is 18.2. The third-order valence-electron chi connectivity index (χ3n) is 7.73. The fraction of sp³-hybridized carbons (Fsp3) is 0.536. The van der Waals surface area contributed by atoms with E-state index in [1.807, 2.05) is 19.1 Å². The molecule has 3 fully saturated rings. The van der Waals surface area contributed by atoms with E-state index in [0.717, 1.165) is 12.0 Å². The molecule has 3 aliphatic rings. The Balaban J connectivity index is 1.78. The van der Waals surface area contributed by atoms with Crippen molar-refractivity contribution in [2.75, 3.05) is 31.2 Å². The second-order valence-electron chi connectivity index (χ2n) is 10.0. The molecule has 2 bridgehead atoms. The van der Waals surface area contributed by atoms with Crippen LogP contribution in [-0.2, 0) is 19.1 Å². The number of carbonyl (C=O) groups is 3. The summed E-state index contributed by atoms with van der Waals surface area (Å²) in [4.78, 5) is 45.2. The number of nitrogens with zero attached hydrogens (tertiary/aromatic N) is 2. The summed E-state index contributed by atoms with van der Waals surface area (Å²) in [7, 11) is 0. The molecule has 0 aliphatic carbocycles. The normalized spacial score (nSPS) is 29.3. The minimum Gasteiger partial charge on any atom is -0.461 e. The van der Waals surface area contributed by atoms with Gasteiger partial charge in [-0.1, -0.05) is 58.4 Å². The van der Waals surface area contributed by atoms with Crippen LogP contribution in [0.25, 0.3) is 0 Å². The molecule has 10 heteroatoms. The van der Waals surface area contributed by atoms with E-state index in [9.17, 15) is 19.5 Å². The number of carbonyl (C=O) groups excluding carboxylic acids is 3. The summed E-state index contributed by atoms with van der Waals surface area (Å²) >= 11 is 11.9. The lowest BCUT2D eigenvalue weighted by atomic mass is 9.71. The lowest BCUT2D eigenvalue weighted by Gasteiger charge is -2.38. The third-order valence-corrected chi connectivity index (χ3v) is 11.3. The predicted molar refractivity (Wildman–Crippen MR) is 155 cm³/mol. The first-order valence-electron chi connectivity index (χ1n) is 12.9. The van der Waals surface area contributed by atoms with E-state index in [1.165, 1.54) is 6.08 Å². The Labute approximate surface area is 241 Å². The van der Waals surface area contributed by atoms with Crippen LogP contribution in [0.2, 0.25) is 5.02 Å². The van der Waals surface area contributed by atoms with E-state index in [1.54, 1.807) is 33.7 Å². The summed E-state index contributed by atoms with van der Waals surface area (Å²) in [6.45, 7) is 10.1. The number of alkyl halides is 1. The van der Waals surface area contributed by atoms with Gasteiger partial charge in [-0.05, 0) is 44.2 Å². The number of ether oxygens (including phenoxy) is 1. The molecule has 1 N–H and O–H groups in total. The van der Waals surface area contributed by atoms with Crippen LogP contribution in [0.1, 0.15) is 31.2 Å². The number of fused-ring (bicyclic) bond motifs is 1. The van der Waals surface area contributed by atoms with Gasteiger partial charge < -0.3 is 19.6 Å². The zero-order valence-corrected chi connectivity index (χ0v) is 24.6.